The molecule has 1 aromatic rings. The van der Waals surface area contributed by atoms with Crippen molar-refractivity contribution in [2.45, 2.75) is 52.1 Å². The summed E-state index contributed by atoms with van der Waals surface area (Å²) in [6.45, 7) is 7.67. The molecule has 1 saturated heterocycles. The molecular weight excluding hydrogens is 258 g/mol. The molecular formula is C18H29N3. The fourth-order valence-electron chi connectivity index (χ4n) is 3.97. The van der Waals surface area contributed by atoms with E-state index in [4.69, 9.17) is 0 Å². The second-order valence-electron chi connectivity index (χ2n) is 6.77. The van der Waals surface area contributed by atoms with Crippen LogP contribution in [0, 0.1) is 11.8 Å². The third kappa shape index (κ3) is 4.04. The third-order valence-electron chi connectivity index (χ3n) is 5.23. The summed E-state index contributed by atoms with van der Waals surface area (Å²) in [7, 11) is 0. The zero-order valence-corrected chi connectivity index (χ0v) is 13.4. The highest BCUT2D eigenvalue weighted by Gasteiger charge is 2.30. The summed E-state index contributed by atoms with van der Waals surface area (Å²) in [6.07, 6.45) is 9.29. The van der Waals surface area contributed by atoms with Gasteiger partial charge in [0.25, 0.3) is 0 Å². The van der Waals surface area contributed by atoms with Gasteiger partial charge in [0.2, 0.25) is 0 Å². The van der Waals surface area contributed by atoms with Crippen molar-refractivity contribution in [2.24, 2.45) is 11.8 Å². The summed E-state index contributed by atoms with van der Waals surface area (Å²) in [6, 6.07) is 4.43. The van der Waals surface area contributed by atoms with Gasteiger partial charge in [0.05, 0.1) is 5.69 Å². The zero-order valence-electron chi connectivity index (χ0n) is 13.4. The van der Waals surface area contributed by atoms with E-state index in [-0.39, 0.29) is 0 Å². The Labute approximate surface area is 129 Å². The number of likely N-dealkylation sites (tertiary alicyclic amines) is 1. The molecule has 2 aliphatic rings. The summed E-state index contributed by atoms with van der Waals surface area (Å²) in [4.78, 5) is 7.27. The molecule has 2 heterocycles. The van der Waals surface area contributed by atoms with Gasteiger partial charge in [-0.3, -0.25) is 9.88 Å². The highest BCUT2D eigenvalue weighted by Crippen LogP contribution is 2.36. The highest BCUT2D eigenvalue weighted by atomic mass is 15.1. The molecule has 0 aromatic carbocycles. The summed E-state index contributed by atoms with van der Waals surface area (Å²) < 4.78 is 0. The van der Waals surface area contributed by atoms with Gasteiger partial charge in [0, 0.05) is 25.8 Å². The van der Waals surface area contributed by atoms with Crippen LogP contribution in [0.2, 0.25) is 0 Å². The summed E-state index contributed by atoms with van der Waals surface area (Å²) >= 11 is 0. The normalized spacial score (nSPS) is 26.5. The number of pyridine rings is 1. The minimum atomic E-state index is 0.928. The maximum Gasteiger partial charge on any atom is 0.0544 e. The Morgan fingerprint density at radius 3 is 2.81 bits per heavy atom. The molecule has 3 heteroatoms. The van der Waals surface area contributed by atoms with E-state index in [0.29, 0.717) is 0 Å². The number of fused-ring (bicyclic) bond motifs is 1. The van der Waals surface area contributed by atoms with E-state index in [1.54, 1.807) is 0 Å². The van der Waals surface area contributed by atoms with E-state index in [0.717, 1.165) is 31.5 Å². The minimum Gasteiger partial charge on any atom is -0.313 e. The molecule has 21 heavy (non-hydrogen) atoms. The average Bonchev–Trinajstić information content (AvgIpc) is 2.54. The molecule has 1 aromatic heterocycles. The molecule has 1 N–H and O–H groups in total. The summed E-state index contributed by atoms with van der Waals surface area (Å²) in [5.41, 5.74) is 2.51. The number of piperidine rings is 1. The van der Waals surface area contributed by atoms with Crippen LogP contribution in [0.4, 0.5) is 0 Å². The number of hydrogen-bond donors (Lipinski definition) is 1. The zero-order chi connectivity index (χ0) is 14.5. The Morgan fingerprint density at radius 2 is 2.05 bits per heavy atom. The lowest BCUT2D eigenvalue weighted by Gasteiger charge is -2.41. The topological polar surface area (TPSA) is 28.2 Å². The average molecular weight is 287 g/mol. The van der Waals surface area contributed by atoms with Crippen LogP contribution < -0.4 is 5.32 Å². The van der Waals surface area contributed by atoms with Crippen LogP contribution in [0.25, 0.3) is 0 Å². The second-order valence-corrected chi connectivity index (χ2v) is 6.77. The van der Waals surface area contributed by atoms with E-state index in [9.17, 15) is 0 Å². The lowest BCUT2D eigenvalue weighted by molar-refractivity contribution is 0.0812. The largest absolute Gasteiger partial charge is 0.313 e. The van der Waals surface area contributed by atoms with Crippen LogP contribution in [0.1, 0.15) is 50.3 Å². The lowest BCUT2D eigenvalue weighted by Crippen LogP contribution is -2.41. The fourth-order valence-corrected chi connectivity index (χ4v) is 3.97. The van der Waals surface area contributed by atoms with Gasteiger partial charge in [0.1, 0.15) is 0 Å². The molecule has 1 saturated carbocycles. The quantitative estimate of drug-likeness (QED) is 0.901. The molecule has 0 spiro atoms. The first-order valence-electron chi connectivity index (χ1n) is 8.72. The Morgan fingerprint density at radius 1 is 1.19 bits per heavy atom. The first-order valence-corrected chi connectivity index (χ1v) is 8.72. The highest BCUT2D eigenvalue weighted by molar-refractivity contribution is 5.14. The second kappa shape index (κ2) is 7.37. The Hall–Kier alpha value is -0.930. The predicted octanol–water partition coefficient (Wildman–Crippen LogP) is 3.20. The third-order valence-corrected chi connectivity index (χ3v) is 5.23. The van der Waals surface area contributed by atoms with E-state index in [1.165, 1.54) is 56.5 Å². The van der Waals surface area contributed by atoms with Crippen molar-refractivity contribution >= 4 is 0 Å². The van der Waals surface area contributed by atoms with Gasteiger partial charge in [0.15, 0.2) is 0 Å². The van der Waals surface area contributed by atoms with Crippen LogP contribution in [0.15, 0.2) is 18.3 Å². The number of nitrogens with zero attached hydrogens (tertiary/aromatic N) is 2. The Bertz CT molecular complexity index is 429. The van der Waals surface area contributed by atoms with Crippen molar-refractivity contribution in [1.29, 1.82) is 0 Å². The van der Waals surface area contributed by atoms with Crippen molar-refractivity contribution in [3.8, 4) is 0 Å². The SMILES string of the molecule is CCNCc1ccc(CN2CCC3CCCCC3C2)nc1. The van der Waals surface area contributed by atoms with Gasteiger partial charge in [-0.25, -0.2) is 0 Å². The van der Waals surface area contributed by atoms with Gasteiger partial charge in [-0.1, -0.05) is 32.3 Å². The van der Waals surface area contributed by atoms with Gasteiger partial charge in [-0.05, 0) is 49.4 Å². The maximum atomic E-state index is 4.65. The molecule has 3 nitrogen and oxygen atoms in total. The maximum absolute atomic E-state index is 4.65. The van der Waals surface area contributed by atoms with Crippen LogP contribution in [-0.4, -0.2) is 29.5 Å². The summed E-state index contributed by atoms with van der Waals surface area (Å²) in [5, 5.41) is 3.35. The molecule has 0 amide bonds. The van der Waals surface area contributed by atoms with Crippen molar-refractivity contribution < 1.29 is 0 Å². The lowest BCUT2D eigenvalue weighted by atomic mass is 9.75. The molecule has 2 atom stereocenters. The summed E-state index contributed by atoms with van der Waals surface area (Å²) in [5.74, 6) is 1.98. The van der Waals surface area contributed by atoms with Crippen molar-refractivity contribution in [3.05, 3.63) is 29.6 Å². The molecule has 0 radical (unpaired) electrons. The fraction of sp³-hybridized carbons (Fsp3) is 0.722. The van der Waals surface area contributed by atoms with Crippen LogP contribution in [-0.2, 0) is 13.1 Å². The molecule has 2 fully saturated rings. The molecule has 1 aliphatic carbocycles. The van der Waals surface area contributed by atoms with Crippen LogP contribution in [0.3, 0.4) is 0 Å². The van der Waals surface area contributed by atoms with E-state index in [2.05, 4.69) is 34.3 Å². The van der Waals surface area contributed by atoms with Gasteiger partial charge < -0.3 is 5.32 Å². The Kier molecular flexibility index (Phi) is 5.26. The standard InChI is InChI=1S/C18H29N3/c1-2-19-11-15-7-8-18(20-12-15)14-21-10-9-16-5-3-4-6-17(16)13-21/h7-8,12,16-17,19H,2-6,9-11,13-14H2,1H3. The van der Waals surface area contributed by atoms with Crippen LogP contribution in [0.5, 0.6) is 0 Å². The van der Waals surface area contributed by atoms with E-state index in [1.807, 2.05) is 6.20 Å². The minimum absolute atomic E-state index is 0.928. The molecule has 2 unspecified atom stereocenters. The number of hydrogen-bond acceptors (Lipinski definition) is 3. The predicted molar refractivity (Wildman–Crippen MR) is 87.0 cm³/mol. The van der Waals surface area contributed by atoms with Gasteiger partial charge >= 0.3 is 0 Å². The molecule has 1 aliphatic heterocycles. The number of aromatic nitrogens is 1. The first kappa shape index (κ1) is 15.0. The van der Waals surface area contributed by atoms with Crippen molar-refractivity contribution in [3.63, 3.8) is 0 Å². The molecule has 3 rings (SSSR count). The van der Waals surface area contributed by atoms with Gasteiger partial charge in [-0.15, -0.1) is 0 Å². The molecule has 116 valence electrons. The van der Waals surface area contributed by atoms with Crippen molar-refractivity contribution in [2.75, 3.05) is 19.6 Å². The Balaban J connectivity index is 1.52. The van der Waals surface area contributed by atoms with E-state index >= 15 is 0 Å². The van der Waals surface area contributed by atoms with Gasteiger partial charge in [-0.2, -0.15) is 0 Å². The molecule has 0 bridgehead atoms. The number of rotatable bonds is 5. The monoisotopic (exact) mass is 287 g/mol. The van der Waals surface area contributed by atoms with Crippen LogP contribution >= 0.6 is 0 Å². The number of nitrogens with one attached hydrogen (secondary N) is 1. The first-order chi connectivity index (χ1) is 10.3. The smallest absolute Gasteiger partial charge is 0.0544 e. The van der Waals surface area contributed by atoms with E-state index < -0.39 is 0 Å². The van der Waals surface area contributed by atoms with Crippen molar-refractivity contribution in [1.82, 2.24) is 15.2 Å².